The fraction of sp³-hybridized carbons (Fsp3) is 1.00. The van der Waals surface area contributed by atoms with Crippen LogP contribution < -0.4 is 0 Å². The first-order valence-electron chi connectivity index (χ1n) is 4.61. The van der Waals surface area contributed by atoms with E-state index in [0.717, 1.165) is 26.1 Å². The molecule has 0 aromatic carbocycles. The highest BCUT2D eigenvalue weighted by Gasteiger charge is 1.97. The lowest BCUT2D eigenvalue weighted by molar-refractivity contribution is 0.241. The van der Waals surface area contributed by atoms with Crippen LogP contribution in [0.15, 0.2) is 0 Å². The van der Waals surface area contributed by atoms with Crippen LogP contribution in [0.3, 0.4) is 0 Å². The largest absolute Gasteiger partial charge is 0.396 e. The Morgan fingerprint density at radius 3 is 2.00 bits per heavy atom. The predicted molar refractivity (Wildman–Crippen MR) is 52.4 cm³/mol. The molecule has 0 fully saturated rings. The minimum Gasteiger partial charge on any atom is -0.396 e. The topological polar surface area (TPSA) is 26.7 Å². The molecule has 0 aliphatic carbocycles. The molecule has 1 N–H and O–H groups in total. The molecule has 12 heavy (non-hydrogen) atoms. The molecule has 0 aliphatic rings. The molecule has 0 bridgehead atoms. The van der Waals surface area contributed by atoms with Crippen LogP contribution >= 0.6 is 0 Å². The van der Waals surface area contributed by atoms with E-state index in [-0.39, 0.29) is 0 Å². The smallest absolute Gasteiger partial charge is 0.0443 e. The third kappa shape index (κ3) is 7.98. The Hall–Kier alpha value is -0.120. The SMILES string of the molecule is CN(C)CCCN(C)CCCO. The molecule has 0 aliphatic heterocycles. The second-order valence-corrected chi connectivity index (χ2v) is 3.54. The molecule has 0 aromatic rings. The predicted octanol–water partition coefficient (Wildman–Crippen LogP) is 0.252. The van der Waals surface area contributed by atoms with E-state index in [1.165, 1.54) is 6.42 Å². The van der Waals surface area contributed by atoms with Gasteiger partial charge in [-0.3, -0.25) is 0 Å². The van der Waals surface area contributed by atoms with Crippen molar-refractivity contribution in [2.24, 2.45) is 0 Å². The molecular weight excluding hydrogens is 152 g/mol. The lowest BCUT2D eigenvalue weighted by Crippen LogP contribution is -2.25. The van der Waals surface area contributed by atoms with Crippen molar-refractivity contribution in [2.75, 3.05) is 47.4 Å². The van der Waals surface area contributed by atoms with Crippen LogP contribution in [0.2, 0.25) is 0 Å². The average molecular weight is 174 g/mol. The Kier molecular flexibility index (Phi) is 7.45. The first-order chi connectivity index (χ1) is 5.66. The molecule has 3 heteroatoms. The highest BCUT2D eigenvalue weighted by molar-refractivity contribution is 4.53. The fourth-order valence-electron chi connectivity index (χ4n) is 1.11. The van der Waals surface area contributed by atoms with Crippen molar-refractivity contribution in [1.82, 2.24) is 9.80 Å². The Morgan fingerprint density at radius 1 is 0.917 bits per heavy atom. The van der Waals surface area contributed by atoms with Gasteiger partial charge in [0.15, 0.2) is 0 Å². The molecule has 0 atom stereocenters. The van der Waals surface area contributed by atoms with Crippen LogP contribution in [0.5, 0.6) is 0 Å². The summed E-state index contributed by atoms with van der Waals surface area (Å²) in [4.78, 5) is 4.46. The van der Waals surface area contributed by atoms with E-state index in [1.54, 1.807) is 0 Å². The van der Waals surface area contributed by atoms with Crippen molar-refractivity contribution < 1.29 is 5.11 Å². The zero-order chi connectivity index (χ0) is 9.40. The van der Waals surface area contributed by atoms with E-state index in [0.29, 0.717) is 6.61 Å². The third-order valence-corrected chi connectivity index (χ3v) is 1.84. The standard InChI is InChI=1S/C9H22N2O/c1-10(2)6-4-7-11(3)8-5-9-12/h12H,4-9H2,1-3H3. The van der Waals surface area contributed by atoms with Gasteiger partial charge in [0, 0.05) is 13.2 Å². The Bertz CT molecular complexity index is 96.5. The first kappa shape index (κ1) is 11.9. The van der Waals surface area contributed by atoms with E-state index in [9.17, 15) is 0 Å². The number of nitrogens with zero attached hydrogens (tertiary/aromatic N) is 2. The summed E-state index contributed by atoms with van der Waals surface area (Å²) in [7, 11) is 6.28. The maximum Gasteiger partial charge on any atom is 0.0443 e. The number of hydrogen-bond acceptors (Lipinski definition) is 3. The molecule has 74 valence electrons. The minimum atomic E-state index is 0.304. The van der Waals surface area contributed by atoms with Gasteiger partial charge >= 0.3 is 0 Å². The maximum absolute atomic E-state index is 8.59. The molecule has 0 saturated carbocycles. The highest BCUT2D eigenvalue weighted by atomic mass is 16.3. The summed E-state index contributed by atoms with van der Waals surface area (Å²) in [6.45, 7) is 3.57. The van der Waals surface area contributed by atoms with E-state index in [4.69, 9.17) is 5.11 Å². The molecule has 0 unspecified atom stereocenters. The zero-order valence-corrected chi connectivity index (χ0v) is 8.58. The van der Waals surface area contributed by atoms with Gasteiger partial charge in [-0.1, -0.05) is 0 Å². The van der Waals surface area contributed by atoms with E-state index in [2.05, 4.69) is 30.9 Å². The first-order valence-corrected chi connectivity index (χ1v) is 4.61. The van der Waals surface area contributed by atoms with Gasteiger partial charge in [-0.25, -0.2) is 0 Å². The van der Waals surface area contributed by atoms with Gasteiger partial charge in [-0.05, 0) is 47.1 Å². The van der Waals surface area contributed by atoms with Crippen molar-refractivity contribution in [2.45, 2.75) is 12.8 Å². The summed E-state index contributed by atoms with van der Waals surface area (Å²) >= 11 is 0. The molecule has 0 spiro atoms. The number of aliphatic hydroxyl groups is 1. The fourth-order valence-corrected chi connectivity index (χ4v) is 1.11. The van der Waals surface area contributed by atoms with Gasteiger partial charge in [0.25, 0.3) is 0 Å². The lowest BCUT2D eigenvalue weighted by atomic mass is 10.3. The van der Waals surface area contributed by atoms with Gasteiger partial charge in [0.1, 0.15) is 0 Å². The van der Waals surface area contributed by atoms with Gasteiger partial charge in [0.2, 0.25) is 0 Å². The van der Waals surface area contributed by atoms with Crippen molar-refractivity contribution >= 4 is 0 Å². The molecule has 0 amide bonds. The molecule has 0 aromatic heterocycles. The monoisotopic (exact) mass is 174 g/mol. The molecular formula is C9H22N2O. The lowest BCUT2D eigenvalue weighted by Gasteiger charge is -2.17. The normalized spacial score (nSPS) is 11.5. The summed E-state index contributed by atoms with van der Waals surface area (Å²) in [5.74, 6) is 0. The van der Waals surface area contributed by atoms with Gasteiger partial charge < -0.3 is 14.9 Å². The maximum atomic E-state index is 8.59. The second-order valence-electron chi connectivity index (χ2n) is 3.54. The number of aliphatic hydroxyl groups excluding tert-OH is 1. The Morgan fingerprint density at radius 2 is 1.50 bits per heavy atom. The number of hydrogen-bond donors (Lipinski definition) is 1. The Balaban J connectivity index is 3.13. The second kappa shape index (κ2) is 7.53. The van der Waals surface area contributed by atoms with E-state index in [1.807, 2.05) is 0 Å². The molecule has 0 radical (unpaired) electrons. The van der Waals surface area contributed by atoms with Crippen molar-refractivity contribution in [1.29, 1.82) is 0 Å². The van der Waals surface area contributed by atoms with Crippen molar-refractivity contribution in [3.8, 4) is 0 Å². The van der Waals surface area contributed by atoms with E-state index >= 15 is 0 Å². The van der Waals surface area contributed by atoms with E-state index < -0.39 is 0 Å². The van der Waals surface area contributed by atoms with Gasteiger partial charge in [-0.15, -0.1) is 0 Å². The summed E-state index contributed by atoms with van der Waals surface area (Å²) < 4.78 is 0. The molecule has 0 saturated heterocycles. The van der Waals surface area contributed by atoms with Crippen molar-refractivity contribution in [3.63, 3.8) is 0 Å². The van der Waals surface area contributed by atoms with Crippen LogP contribution in [0.25, 0.3) is 0 Å². The zero-order valence-electron chi connectivity index (χ0n) is 8.58. The summed E-state index contributed by atoms with van der Waals surface area (Å²) in [6.07, 6.45) is 2.09. The Labute approximate surface area is 76.0 Å². The average Bonchev–Trinajstić information content (AvgIpc) is 2.00. The summed E-state index contributed by atoms with van der Waals surface area (Å²) in [5, 5.41) is 8.59. The molecule has 3 nitrogen and oxygen atoms in total. The quantitative estimate of drug-likeness (QED) is 0.599. The molecule has 0 rings (SSSR count). The summed E-state index contributed by atoms with van der Waals surface area (Å²) in [6, 6.07) is 0. The summed E-state index contributed by atoms with van der Waals surface area (Å²) in [5.41, 5.74) is 0. The molecule has 0 heterocycles. The highest BCUT2D eigenvalue weighted by Crippen LogP contribution is 1.90. The number of rotatable bonds is 7. The van der Waals surface area contributed by atoms with Crippen LogP contribution in [0, 0.1) is 0 Å². The van der Waals surface area contributed by atoms with Gasteiger partial charge in [0.05, 0.1) is 0 Å². The van der Waals surface area contributed by atoms with Crippen LogP contribution in [0.4, 0.5) is 0 Å². The van der Waals surface area contributed by atoms with Crippen molar-refractivity contribution in [3.05, 3.63) is 0 Å². The van der Waals surface area contributed by atoms with Crippen LogP contribution in [0.1, 0.15) is 12.8 Å². The van der Waals surface area contributed by atoms with Gasteiger partial charge in [-0.2, -0.15) is 0 Å². The van der Waals surface area contributed by atoms with Crippen LogP contribution in [-0.4, -0.2) is 62.3 Å². The third-order valence-electron chi connectivity index (χ3n) is 1.84. The minimum absolute atomic E-state index is 0.304. The van der Waals surface area contributed by atoms with Crippen LogP contribution in [-0.2, 0) is 0 Å².